The number of hydrogen-bond donors (Lipinski definition) is 3. The zero-order valence-corrected chi connectivity index (χ0v) is 11.2. The predicted molar refractivity (Wildman–Crippen MR) is 74.8 cm³/mol. The molecule has 1 fully saturated rings. The Bertz CT molecular complexity index is 458. The molecule has 1 aliphatic rings. The van der Waals surface area contributed by atoms with E-state index in [4.69, 9.17) is 10.9 Å². The molecule has 0 radical (unpaired) electrons. The quantitative estimate of drug-likeness (QED) is 0.552. The molecule has 1 aromatic rings. The second-order valence-electron chi connectivity index (χ2n) is 4.98. The van der Waals surface area contributed by atoms with Crippen molar-refractivity contribution in [1.82, 2.24) is 4.90 Å². The second-order valence-corrected chi connectivity index (χ2v) is 4.98. The topological polar surface area (TPSA) is 78.6 Å². The first-order valence-corrected chi connectivity index (χ1v) is 6.66. The van der Waals surface area contributed by atoms with E-state index in [2.05, 4.69) is 5.43 Å². The number of nitrogens with two attached hydrogens (primary N) is 1. The summed E-state index contributed by atoms with van der Waals surface area (Å²) in [7, 11) is 0. The van der Waals surface area contributed by atoms with Crippen LogP contribution in [0, 0.1) is 6.92 Å². The zero-order valence-electron chi connectivity index (χ0n) is 11.2. The molecular weight excluding hydrogens is 242 g/mol. The van der Waals surface area contributed by atoms with Gasteiger partial charge in [0.1, 0.15) is 0 Å². The van der Waals surface area contributed by atoms with Crippen molar-refractivity contribution in [1.29, 1.82) is 0 Å². The number of benzene rings is 1. The summed E-state index contributed by atoms with van der Waals surface area (Å²) in [5.41, 5.74) is 5.00. The smallest absolute Gasteiger partial charge is 0.254 e. The van der Waals surface area contributed by atoms with Crippen LogP contribution in [-0.4, -0.2) is 35.1 Å². The molecular formula is C14H21N3O2. The normalized spacial score (nSPS) is 14.9. The summed E-state index contributed by atoms with van der Waals surface area (Å²) in [6.45, 7) is 2.31. The van der Waals surface area contributed by atoms with Crippen LogP contribution in [0.1, 0.15) is 35.2 Å². The molecule has 5 heteroatoms. The van der Waals surface area contributed by atoms with Crippen molar-refractivity contribution in [2.45, 2.75) is 32.2 Å². The van der Waals surface area contributed by atoms with Gasteiger partial charge < -0.3 is 15.4 Å². The van der Waals surface area contributed by atoms with E-state index in [1.165, 1.54) is 0 Å². The minimum Gasteiger partial charge on any atom is -0.395 e. The standard InChI is InChI=1S/C14H21N3O2/c1-10-9-11(5-6-13(10)16-15)14(19)17(7-8-18)12-3-2-4-12/h5-6,9,12,16,18H,2-4,7-8,15H2,1H3. The summed E-state index contributed by atoms with van der Waals surface area (Å²) in [5, 5.41) is 9.12. The number of aryl methyl sites for hydroxylation is 1. The van der Waals surface area contributed by atoms with Gasteiger partial charge in [0.25, 0.3) is 5.91 Å². The molecule has 1 aromatic carbocycles. The van der Waals surface area contributed by atoms with E-state index in [-0.39, 0.29) is 18.6 Å². The highest BCUT2D eigenvalue weighted by molar-refractivity contribution is 5.95. The SMILES string of the molecule is Cc1cc(C(=O)N(CCO)C2CCC2)ccc1NN. The van der Waals surface area contributed by atoms with Gasteiger partial charge >= 0.3 is 0 Å². The number of rotatable bonds is 5. The Labute approximate surface area is 113 Å². The molecule has 0 unspecified atom stereocenters. The first-order chi connectivity index (χ1) is 9.17. The van der Waals surface area contributed by atoms with Gasteiger partial charge in [0.05, 0.1) is 12.3 Å². The van der Waals surface area contributed by atoms with Gasteiger partial charge in [0.15, 0.2) is 0 Å². The average molecular weight is 263 g/mol. The number of hydrazine groups is 1. The third-order valence-electron chi connectivity index (χ3n) is 3.75. The van der Waals surface area contributed by atoms with Gasteiger partial charge in [-0.05, 0) is 49.9 Å². The van der Waals surface area contributed by atoms with Gasteiger partial charge in [-0.15, -0.1) is 0 Å². The largest absolute Gasteiger partial charge is 0.395 e. The Morgan fingerprint density at radius 2 is 2.26 bits per heavy atom. The van der Waals surface area contributed by atoms with Crippen LogP contribution in [0.5, 0.6) is 0 Å². The summed E-state index contributed by atoms with van der Waals surface area (Å²) >= 11 is 0. The summed E-state index contributed by atoms with van der Waals surface area (Å²) in [6.07, 6.45) is 3.23. The first-order valence-electron chi connectivity index (χ1n) is 6.66. The first kappa shape index (κ1) is 13.8. The van der Waals surface area contributed by atoms with Crippen molar-refractivity contribution < 1.29 is 9.90 Å². The fourth-order valence-corrected chi connectivity index (χ4v) is 2.38. The highest BCUT2D eigenvalue weighted by Gasteiger charge is 2.29. The third kappa shape index (κ3) is 2.88. The van der Waals surface area contributed by atoms with Crippen LogP contribution < -0.4 is 11.3 Å². The lowest BCUT2D eigenvalue weighted by molar-refractivity contribution is 0.0526. The molecule has 0 spiro atoms. The average Bonchev–Trinajstić information content (AvgIpc) is 2.35. The van der Waals surface area contributed by atoms with Crippen molar-refractivity contribution in [3.8, 4) is 0 Å². The highest BCUT2D eigenvalue weighted by atomic mass is 16.3. The molecule has 0 saturated heterocycles. The minimum absolute atomic E-state index is 0.00363. The lowest BCUT2D eigenvalue weighted by Crippen LogP contribution is -2.45. The maximum Gasteiger partial charge on any atom is 0.254 e. The number of aliphatic hydroxyl groups is 1. The Kier molecular flexibility index (Phi) is 4.39. The van der Waals surface area contributed by atoms with Gasteiger partial charge in [-0.2, -0.15) is 0 Å². The van der Waals surface area contributed by atoms with E-state index >= 15 is 0 Å². The third-order valence-corrected chi connectivity index (χ3v) is 3.75. The number of carbonyl (C=O) groups is 1. The van der Waals surface area contributed by atoms with E-state index in [0.717, 1.165) is 30.5 Å². The monoisotopic (exact) mass is 263 g/mol. The summed E-state index contributed by atoms with van der Waals surface area (Å²) < 4.78 is 0. The molecule has 104 valence electrons. The van der Waals surface area contributed by atoms with Crippen molar-refractivity contribution >= 4 is 11.6 Å². The van der Waals surface area contributed by atoms with Crippen LogP contribution in [0.3, 0.4) is 0 Å². The molecule has 1 amide bonds. The second kappa shape index (κ2) is 6.04. The van der Waals surface area contributed by atoms with Gasteiger partial charge in [0, 0.05) is 18.2 Å². The summed E-state index contributed by atoms with van der Waals surface area (Å²) in [5.74, 6) is 5.38. The van der Waals surface area contributed by atoms with E-state index in [9.17, 15) is 4.79 Å². The number of carbonyl (C=O) groups excluding carboxylic acids is 1. The Balaban J connectivity index is 2.18. The van der Waals surface area contributed by atoms with Crippen LogP contribution in [0.2, 0.25) is 0 Å². The Morgan fingerprint density at radius 1 is 1.53 bits per heavy atom. The van der Waals surface area contributed by atoms with Crippen molar-refractivity contribution in [2.75, 3.05) is 18.6 Å². The van der Waals surface area contributed by atoms with Crippen LogP contribution in [0.15, 0.2) is 18.2 Å². The summed E-state index contributed by atoms with van der Waals surface area (Å²) in [6, 6.07) is 5.70. The molecule has 1 saturated carbocycles. The van der Waals surface area contributed by atoms with Gasteiger partial charge in [-0.25, -0.2) is 0 Å². The number of nitrogens with zero attached hydrogens (tertiary/aromatic N) is 1. The Morgan fingerprint density at radius 3 is 2.74 bits per heavy atom. The fraction of sp³-hybridized carbons (Fsp3) is 0.500. The molecule has 0 aromatic heterocycles. The maximum absolute atomic E-state index is 12.5. The lowest BCUT2D eigenvalue weighted by Gasteiger charge is -2.37. The predicted octanol–water partition coefficient (Wildman–Crippen LogP) is 1.27. The van der Waals surface area contributed by atoms with E-state index in [1.54, 1.807) is 17.0 Å². The van der Waals surface area contributed by atoms with E-state index < -0.39 is 0 Å². The molecule has 4 N–H and O–H groups in total. The number of aliphatic hydroxyl groups excluding tert-OH is 1. The minimum atomic E-state index is -0.00887. The van der Waals surface area contributed by atoms with Crippen molar-refractivity contribution in [3.63, 3.8) is 0 Å². The maximum atomic E-state index is 12.5. The van der Waals surface area contributed by atoms with Gasteiger partial charge in [-0.1, -0.05) is 0 Å². The molecule has 2 rings (SSSR count). The van der Waals surface area contributed by atoms with Crippen LogP contribution in [0.25, 0.3) is 0 Å². The Hall–Kier alpha value is -1.59. The molecule has 19 heavy (non-hydrogen) atoms. The molecule has 0 bridgehead atoms. The fourth-order valence-electron chi connectivity index (χ4n) is 2.38. The van der Waals surface area contributed by atoms with Gasteiger partial charge in [-0.3, -0.25) is 10.6 Å². The number of nitrogens with one attached hydrogen (secondary N) is 1. The number of hydrogen-bond acceptors (Lipinski definition) is 4. The van der Waals surface area contributed by atoms with Crippen LogP contribution >= 0.6 is 0 Å². The lowest BCUT2D eigenvalue weighted by atomic mass is 9.91. The zero-order chi connectivity index (χ0) is 13.8. The van der Waals surface area contributed by atoms with Crippen LogP contribution in [0.4, 0.5) is 5.69 Å². The van der Waals surface area contributed by atoms with E-state index in [1.807, 2.05) is 13.0 Å². The molecule has 1 aliphatic carbocycles. The van der Waals surface area contributed by atoms with Crippen LogP contribution in [-0.2, 0) is 0 Å². The number of amides is 1. The van der Waals surface area contributed by atoms with E-state index in [0.29, 0.717) is 12.1 Å². The molecule has 0 heterocycles. The molecule has 5 nitrogen and oxygen atoms in total. The van der Waals surface area contributed by atoms with Gasteiger partial charge in [0.2, 0.25) is 0 Å². The number of nitrogen functional groups attached to an aromatic ring is 1. The molecule has 0 aliphatic heterocycles. The van der Waals surface area contributed by atoms with Crippen molar-refractivity contribution in [3.05, 3.63) is 29.3 Å². The molecule has 0 atom stereocenters. The highest BCUT2D eigenvalue weighted by Crippen LogP contribution is 2.26. The van der Waals surface area contributed by atoms with Crippen molar-refractivity contribution in [2.24, 2.45) is 5.84 Å². The summed E-state index contributed by atoms with van der Waals surface area (Å²) in [4.78, 5) is 14.3. The number of anilines is 1.